The molecule has 0 bridgehead atoms. The minimum absolute atomic E-state index is 0.0197. The van der Waals surface area contributed by atoms with E-state index in [2.05, 4.69) is 5.10 Å². The number of para-hydroxylation sites is 1. The minimum atomic E-state index is -1.07. The predicted molar refractivity (Wildman–Crippen MR) is 85.5 cm³/mol. The van der Waals surface area contributed by atoms with Gasteiger partial charge in [0.1, 0.15) is 5.82 Å². The SMILES string of the molecule is O=C(O)c1nn(-c2ccccc2)c2c1CSc1c(F)cccc1-2. The fourth-order valence-corrected chi connectivity index (χ4v) is 3.87. The first kappa shape index (κ1) is 14.0. The van der Waals surface area contributed by atoms with Crippen molar-refractivity contribution in [1.29, 1.82) is 0 Å². The molecule has 0 radical (unpaired) electrons. The first-order valence-electron chi connectivity index (χ1n) is 6.99. The van der Waals surface area contributed by atoms with Crippen LogP contribution in [0.25, 0.3) is 16.9 Å². The van der Waals surface area contributed by atoms with Crippen molar-refractivity contribution in [3.8, 4) is 16.9 Å². The van der Waals surface area contributed by atoms with Crippen molar-refractivity contribution in [2.45, 2.75) is 10.6 Å². The van der Waals surface area contributed by atoms with Gasteiger partial charge in [0.15, 0.2) is 5.69 Å². The second-order valence-electron chi connectivity index (χ2n) is 5.13. The Morgan fingerprint density at radius 1 is 1.17 bits per heavy atom. The zero-order valence-electron chi connectivity index (χ0n) is 11.9. The number of hydrogen-bond acceptors (Lipinski definition) is 3. The molecule has 114 valence electrons. The number of carboxylic acids is 1. The fourth-order valence-electron chi connectivity index (χ4n) is 2.78. The zero-order chi connectivity index (χ0) is 16.0. The number of rotatable bonds is 2. The number of thioether (sulfide) groups is 1. The molecule has 0 spiro atoms. The zero-order valence-corrected chi connectivity index (χ0v) is 12.7. The summed E-state index contributed by atoms with van der Waals surface area (Å²) in [6.07, 6.45) is 0. The Hall–Kier alpha value is -2.60. The number of carbonyl (C=O) groups is 1. The van der Waals surface area contributed by atoms with E-state index >= 15 is 0 Å². The largest absolute Gasteiger partial charge is 0.476 e. The van der Waals surface area contributed by atoms with Gasteiger partial charge in [-0.3, -0.25) is 0 Å². The number of aromatic carboxylic acids is 1. The molecule has 0 amide bonds. The summed E-state index contributed by atoms with van der Waals surface area (Å²) in [5.41, 5.74) is 2.73. The third-order valence-electron chi connectivity index (χ3n) is 3.77. The third kappa shape index (κ3) is 2.14. The average Bonchev–Trinajstić information content (AvgIpc) is 2.96. The Labute approximate surface area is 135 Å². The van der Waals surface area contributed by atoms with Gasteiger partial charge in [-0.2, -0.15) is 5.10 Å². The van der Waals surface area contributed by atoms with E-state index in [1.165, 1.54) is 17.8 Å². The maximum atomic E-state index is 14.1. The van der Waals surface area contributed by atoms with Gasteiger partial charge in [0.2, 0.25) is 0 Å². The molecule has 0 saturated carbocycles. The van der Waals surface area contributed by atoms with Crippen LogP contribution in [0.3, 0.4) is 0 Å². The van der Waals surface area contributed by atoms with Crippen molar-refractivity contribution < 1.29 is 14.3 Å². The number of hydrogen-bond donors (Lipinski definition) is 1. The molecule has 3 aromatic rings. The molecule has 1 aliphatic rings. The average molecular weight is 326 g/mol. The van der Waals surface area contributed by atoms with Crippen LogP contribution in [-0.4, -0.2) is 20.9 Å². The molecule has 2 aromatic carbocycles. The molecule has 0 aliphatic carbocycles. The van der Waals surface area contributed by atoms with Crippen LogP contribution < -0.4 is 0 Å². The number of carboxylic acid groups (broad SMARTS) is 1. The number of aromatic nitrogens is 2. The normalized spacial score (nSPS) is 12.6. The number of benzene rings is 2. The maximum absolute atomic E-state index is 14.1. The van der Waals surface area contributed by atoms with Crippen molar-refractivity contribution >= 4 is 17.7 Å². The number of halogens is 1. The van der Waals surface area contributed by atoms with E-state index in [1.54, 1.807) is 16.8 Å². The lowest BCUT2D eigenvalue weighted by atomic mass is 10.1. The highest BCUT2D eigenvalue weighted by Gasteiger charge is 2.30. The molecule has 1 aromatic heterocycles. The van der Waals surface area contributed by atoms with Crippen LogP contribution in [0.15, 0.2) is 53.4 Å². The van der Waals surface area contributed by atoms with Crippen LogP contribution in [0.4, 0.5) is 4.39 Å². The molecule has 4 nitrogen and oxygen atoms in total. The van der Waals surface area contributed by atoms with Gasteiger partial charge in [0, 0.05) is 16.9 Å². The molecule has 23 heavy (non-hydrogen) atoms. The molecule has 6 heteroatoms. The summed E-state index contributed by atoms with van der Waals surface area (Å²) >= 11 is 1.31. The van der Waals surface area contributed by atoms with Crippen molar-refractivity contribution in [2.75, 3.05) is 0 Å². The minimum Gasteiger partial charge on any atom is -0.476 e. The van der Waals surface area contributed by atoms with Crippen LogP contribution in [0.1, 0.15) is 16.1 Å². The lowest BCUT2D eigenvalue weighted by Gasteiger charge is -2.18. The van der Waals surface area contributed by atoms with E-state index in [1.807, 2.05) is 30.3 Å². The van der Waals surface area contributed by atoms with E-state index < -0.39 is 5.97 Å². The van der Waals surface area contributed by atoms with Crippen LogP contribution >= 0.6 is 11.8 Å². The summed E-state index contributed by atoms with van der Waals surface area (Å²) in [6.45, 7) is 0. The van der Waals surface area contributed by atoms with E-state index in [0.29, 0.717) is 27.5 Å². The molecular formula is C17H11FN2O2S. The van der Waals surface area contributed by atoms with E-state index in [0.717, 1.165) is 5.69 Å². The Kier molecular flexibility index (Phi) is 3.20. The Bertz CT molecular complexity index is 922. The lowest BCUT2D eigenvalue weighted by molar-refractivity contribution is 0.0689. The predicted octanol–water partition coefficient (Wildman–Crippen LogP) is 3.98. The molecule has 0 atom stereocenters. The van der Waals surface area contributed by atoms with Gasteiger partial charge in [-0.25, -0.2) is 13.9 Å². The summed E-state index contributed by atoms with van der Waals surface area (Å²) < 4.78 is 15.7. The first-order chi connectivity index (χ1) is 11.2. The molecule has 2 heterocycles. The van der Waals surface area contributed by atoms with Crippen molar-refractivity contribution in [1.82, 2.24) is 9.78 Å². The molecule has 0 fully saturated rings. The summed E-state index contributed by atoms with van der Waals surface area (Å²) in [7, 11) is 0. The summed E-state index contributed by atoms with van der Waals surface area (Å²) in [6, 6.07) is 14.1. The Balaban J connectivity index is 2.05. The van der Waals surface area contributed by atoms with Gasteiger partial charge in [0.25, 0.3) is 0 Å². The third-order valence-corrected chi connectivity index (χ3v) is 4.91. The molecule has 4 rings (SSSR count). The van der Waals surface area contributed by atoms with Gasteiger partial charge >= 0.3 is 5.97 Å². The molecule has 0 saturated heterocycles. The highest BCUT2D eigenvalue weighted by molar-refractivity contribution is 7.98. The standard InChI is InChI=1S/C17H11FN2O2S/c18-13-8-4-7-11-15-12(9-23-16(11)13)14(17(21)22)19-20(15)10-5-2-1-3-6-10/h1-8H,9H2,(H,21,22). The topological polar surface area (TPSA) is 55.1 Å². The van der Waals surface area contributed by atoms with Gasteiger partial charge in [-0.1, -0.05) is 30.3 Å². The fraction of sp³-hybridized carbons (Fsp3) is 0.0588. The van der Waals surface area contributed by atoms with Gasteiger partial charge in [0.05, 0.1) is 16.3 Å². The van der Waals surface area contributed by atoms with Crippen molar-refractivity contribution in [3.05, 3.63) is 65.6 Å². The summed E-state index contributed by atoms with van der Waals surface area (Å²) in [5, 5.41) is 13.7. The summed E-state index contributed by atoms with van der Waals surface area (Å²) in [4.78, 5) is 12.1. The highest BCUT2D eigenvalue weighted by atomic mass is 32.2. The molecule has 1 aliphatic heterocycles. The molecule has 1 N–H and O–H groups in total. The summed E-state index contributed by atoms with van der Waals surface area (Å²) in [5.74, 6) is -0.982. The first-order valence-corrected chi connectivity index (χ1v) is 7.97. The van der Waals surface area contributed by atoms with Crippen LogP contribution in [0, 0.1) is 5.82 Å². The Morgan fingerprint density at radius 3 is 2.70 bits per heavy atom. The van der Waals surface area contributed by atoms with E-state index in [4.69, 9.17) is 0 Å². The monoisotopic (exact) mass is 326 g/mol. The van der Waals surface area contributed by atoms with Crippen LogP contribution in [0.2, 0.25) is 0 Å². The van der Waals surface area contributed by atoms with E-state index in [9.17, 15) is 14.3 Å². The van der Waals surface area contributed by atoms with Crippen molar-refractivity contribution in [3.63, 3.8) is 0 Å². The quantitative estimate of drug-likeness (QED) is 0.774. The lowest BCUT2D eigenvalue weighted by Crippen LogP contribution is -2.04. The van der Waals surface area contributed by atoms with Gasteiger partial charge in [-0.15, -0.1) is 11.8 Å². The van der Waals surface area contributed by atoms with Crippen LogP contribution in [-0.2, 0) is 5.75 Å². The van der Waals surface area contributed by atoms with Crippen molar-refractivity contribution in [2.24, 2.45) is 0 Å². The van der Waals surface area contributed by atoms with E-state index in [-0.39, 0.29) is 11.5 Å². The van der Waals surface area contributed by atoms with Crippen LogP contribution in [0.5, 0.6) is 0 Å². The molecule has 0 unspecified atom stereocenters. The second-order valence-corrected chi connectivity index (χ2v) is 6.12. The highest BCUT2D eigenvalue weighted by Crippen LogP contribution is 2.44. The second kappa shape index (κ2) is 5.24. The smallest absolute Gasteiger partial charge is 0.356 e. The maximum Gasteiger partial charge on any atom is 0.356 e. The Morgan fingerprint density at radius 2 is 1.96 bits per heavy atom. The number of fused-ring (bicyclic) bond motifs is 3. The molecular weight excluding hydrogens is 315 g/mol. The van der Waals surface area contributed by atoms with Gasteiger partial charge in [-0.05, 0) is 18.2 Å². The van der Waals surface area contributed by atoms with Gasteiger partial charge < -0.3 is 5.11 Å². The number of nitrogens with zero attached hydrogens (tertiary/aromatic N) is 2.